The molecule has 0 bridgehead atoms. The van der Waals surface area contributed by atoms with E-state index < -0.39 is 0 Å². The number of ether oxygens (including phenoxy) is 8. The summed E-state index contributed by atoms with van der Waals surface area (Å²) in [5.74, 6) is 0.695. The van der Waals surface area contributed by atoms with Crippen LogP contribution in [0.25, 0.3) is 0 Å². The molecule has 0 aromatic heterocycles. The minimum atomic E-state index is 0.468. The van der Waals surface area contributed by atoms with Gasteiger partial charge in [-0.05, 0) is 13.8 Å². The molecule has 0 fully saturated rings. The van der Waals surface area contributed by atoms with Crippen molar-refractivity contribution in [3.8, 4) is 0 Å². The van der Waals surface area contributed by atoms with E-state index in [1.807, 2.05) is 6.92 Å². The SMILES string of the molecule is [CH2]COCCOCCOCCOCCOCCOCCOCCOC(=C)C. The predicted octanol–water partition coefficient (Wildman–Crippen LogP) is 1.49. The highest BCUT2D eigenvalue weighted by Crippen LogP contribution is 1.89. The molecule has 0 aliphatic heterocycles. The molecule has 0 spiro atoms. The van der Waals surface area contributed by atoms with E-state index in [4.69, 9.17) is 37.9 Å². The van der Waals surface area contributed by atoms with E-state index in [0.29, 0.717) is 105 Å². The van der Waals surface area contributed by atoms with Crippen molar-refractivity contribution < 1.29 is 37.9 Å². The molecule has 161 valence electrons. The summed E-state index contributed by atoms with van der Waals surface area (Å²) in [7, 11) is 0. The summed E-state index contributed by atoms with van der Waals surface area (Å²) in [5.41, 5.74) is 0. The van der Waals surface area contributed by atoms with E-state index in [1.165, 1.54) is 0 Å². The Bertz CT molecular complexity index is 301. The van der Waals surface area contributed by atoms with Crippen LogP contribution in [0.3, 0.4) is 0 Å². The molecular formula is C19H37O8. The van der Waals surface area contributed by atoms with Crippen molar-refractivity contribution in [2.75, 3.05) is 99.1 Å². The third-order valence-electron chi connectivity index (χ3n) is 2.95. The summed E-state index contributed by atoms with van der Waals surface area (Å²) in [5, 5.41) is 0. The van der Waals surface area contributed by atoms with Crippen LogP contribution in [-0.4, -0.2) is 99.1 Å². The van der Waals surface area contributed by atoms with E-state index in [0.717, 1.165) is 0 Å². The third-order valence-corrected chi connectivity index (χ3v) is 2.95. The molecule has 8 nitrogen and oxygen atoms in total. The van der Waals surface area contributed by atoms with Crippen LogP contribution in [0.1, 0.15) is 6.92 Å². The maximum Gasteiger partial charge on any atom is 0.111 e. The summed E-state index contributed by atoms with van der Waals surface area (Å²) >= 11 is 0. The van der Waals surface area contributed by atoms with Gasteiger partial charge >= 0.3 is 0 Å². The van der Waals surface area contributed by atoms with Gasteiger partial charge in [0.15, 0.2) is 0 Å². The molecule has 8 heteroatoms. The maximum absolute atomic E-state index is 5.40. The average molecular weight is 393 g/mol. The molecule has 0 saturated carbocycles. The fraction of sp³-hybridized carbons (Fsp3) is 0.842. The largest absolute Gasteiger partial charge is 0.496 e. The molecule has 0 saturated heterocycles. The Hall–Kier alpha value is -0.740. The van der Waals surface area contributed by atoms with Crippen molar-refractivity contribution >= 4 is 0 Å². The van der Waals surface area contributed by atoms with Crippen LogP contribution < -0.4 is 0 Å². The lowest BCUT2D eigenvalue weighted by molar-refractivity contribution is -0.0213. The summed E-state index contributed by atoms with van der Waals surface area (Å²) in [4.78, 5) is 0. The molecule has 0 amide bonds. The van der Waals surface area contributed by atoms with Gasteiger partial charge in [-0.1, -0.05) is 6.58 Å². The summed E-state index contributed by atoms with van der Waals surface area (Å²) in [6.45, 7) is 17.1. The first-order chi connectivity index (χ1) is 13.3. The van der Waals surface area contributed by atoms with Gasteiger partial charge in [0, 0.05) is 6.61 Å². The van der Waals surface area contributed by atoms with Crippen LogP contribution in [-0.2, 0) is 37.9 Å². The monoisotopic (exact) mass is 393 g/mol. The minimum Gasteiger partial charge on any atom is -0.496 e. The highest BCUT2D eigenvalue weighted by Gasteiger charge is 1.94. The summed E-state index contributed by atoms with van der Waals surface area (Å²) in [6, 6.07) is 0. The fourth-order valence-electron chi connectivity index (χ4n) is 1.70. The lowest BCUT2D eigenvalue weighted by Gasteiger charge is -2.08. The van der Waals surface area contributed by atoms with E-state index >= 15 is 0 Å². The van der Waals surface area contributed by atoms with Crippen LogP contribution in [0, 0.1) is 6.92 Å². The molecule has 0 rings (SSSR count). The number of hydrogen-bond donors (Lipinski definition) is 0. The molecule has 0 aliphatic rings. The first-order valence-corrected chi connectivity index (χ1v) is 9.39. The van der Waals surface area contributed by atoms with Gasteiger partial charge in [0.2, 0.25) is 0 Å². The smallest absolute Gasteiger partial charge is 0.111 e. The molecule has 0 aromatic carbocycles. The van der Waals surface area contributed by atoms with Crippen LogP contribution in [0.4, 0.5) is 0 Å². The van der Waals surface area contributed by atoms with Gasteiger partial charge in [0.05, 0.1) is 91.6 Å². The Morgan fingerprint density at radius 2 is 0.741 bits per heavy atom. The summed E-state index contributed by atoms with van der Waals surface area (Å²) in [6.07, 6.45) is 0. The predicted molar refractivity (Wildman–Crippen MR) is 102 cm³/mol. The standard InChI is InChI=1S/C19H37O8/c1-4-20-5-6-21-7-8-22-9-10-23-11-12-24-13-14-25-15-16-26-17-18-27-19(2)3/h1-2,4-18H2,3H3. The number of allylic oxidation sites excluding steroid dienone is 1. The summed E-state index contributed by atoms with van der Waals surface area (Å²) < 4.78 is 42.4. The maximum atomic E-state index is 5.40. The first kappa shape index (κ1) is 26.3. The highest BCUT2D eigenvalue weighted by molar-refractivity contribution is 4.72. The van der Waals surface area contributed by atoms with Crippen molar-refractivity contribution in [2.24, 2.45) is 0 Å². The first-order valence-electron chi connectivity index (χ1n) is 9.39. The lowest BCUT2D eigenvalue weighted by atomic mass is 10.6. The topological polar surface area (TPSA) is 73.8 Å². The Labute approximate surface area is 164 Å². The molecule has 0 unspecified atom stereocenters. The zero-order valence-corrected chi connectivity index (χ0v) is 16.8. The zero-order chi connectivity index (χ0) is 19.8. The molecule has 1 radical (unpaired) electrons. The Morgan fingerprint density at radius 3 is 1.00 bits per heavy atom. The fourth-order valence-corrected chi connectivity index (χ4v) is 1.70. The van der Waals surface area contributed by atoms with E-state index in [-0.39, 0.29) is 0 Å². The Kier molecular flexibility index (Phi) is 22.7. The molecule has 0 atom stereocenters. The van der Waals surface area contributed by atoms with Crippen molar-refractivity contribution in [1.82, 2.24) is 0 Å². The van der Waals surface area contributed by atoms with Gasteiger partial charge in [-0.15, -0.1) is 0 Å². The highest BCUT2D eigenvalue weighted by atomic mass is 16.6. The molecule has 0 heterocycles. The van der Waals surface area contributed by atoms with E-state index in [9.17, 15) is 0 Å². The van der Waals surface area contributed by atoms with Gasteiger partial charge in [0.1, 0.15) is 6.61 Å². The third kappa shape index (κ3) is 25.3. The van der Waals surface area contributed by atoms with Crippen LogP contribution >= 0.6 is 0 Å². The van der Waals surface area contributed by atoms with E-state index in [1.54, 1.807) is 0 Å². The number of rotatable bonds is 23. The van der Waals surface area contributed by atoms with Crippen LogP contribution in [0.2, 0.25) is 0 Å². The molecular weight excluding hydrogens is 356 g/mol. The average Bonchev–Trinajstić information content (AvgIpc) is 2.65. The normalized spacial score (nSPS) is 11.0. The Balaban J connectivity index is 2.98. The quantitative estimate of drug-likeness (QED) is 0.191. The van der Waals surface area contributed by atoms with Crippen molar-refractivity contribution in [1.29, 1.82) is 0 Å². The Morgan fingerprint density at radius 1 is 0.481 bits per heavy atom. The van der Waals surface area contributed by atoms with Crippen molar-refractivity contribution in [3.63, 3.8) is 0 Å². The van der Waals surface area contributed by atoms with Crippen molar-refractivity contribution in [2.45, 2.75) is 6.92 Å². The van der Waals surface area contributed by atoms with Gasteiger partial charge in [0.25, 0.3) is 0 Å². The van der Waals surface area contributed by atoms with Gasteiger partial charge in [-0.3, -0.25) is 0 Å². The molecule has 0 aliphatic carbocycles. The zero-order valence-electron chi connectivity index (χ0n) is 16.8. The molecule has 27 heavy (non-hydrogen) atoms. The lowest BCUT2D eigenvalue weighted by Crippen LogP contribution is -2.14. The minimum absolute atomic E-state index is 0.468. The van der Waals surface area contributed by atoms with Gasteiger partial charge < -0.3 is 37.9 Å². The van der Waals surface area contributed by atoms with Crippen molar-refractivity contribution in [3.05, 3.63) is 19.3 Å². The van der Waals surface area contributed by atoms with Crippen LogP contribution in [0.15, 0.2) is 12.3 Å². The molecule has 0 aromatic rings. The second-order valence-electron chi connectivity index (χ2n) is 5.34. The van der Waals surface area contributed by atoms with Gasteiger partial charge in [-0.2, -0.15) is 0 Å². The van der Waals surface area contributed by atoms with E-state index in [2.05, 4.69) is 13.5 Å². The number of hydrogen-bond acceptors (Lipinski definition) is 8. The van der Waals surface area contributed by atoms with Crippen LogP contribution in [0.5, 0.6) is 0 Å². The molecule has 0 N–H and O–H groups in total. The second kappa shape index (κ2) is 23.3. The second-order valence-corrected chi connectivity index (χ2v) is 5.34. The van der Waals surface area contributed by atoms with Gasteiger partial charge in [-0.25, -0.2) is 0 Å².